The zero-order valence-corrected chi connectivity index (χ0v) is 18.9. The Balaban J connectivity index is 1.40. The van der Waals surface area contributed by atoms with Crippen molar-refractivity contribution in [3.05, 3.63) is 79.7 Å². The fourth-order valence-electron chi connectivity index (χ4n) is 4.21. The van der Waals surface area contributed by atoms with E-state index < -0.39 is 10.8 Å². The molecule has 2 heterocycles. The molecule has 2 amide bonds. The van der Waals surface area contributed by atoms with Crippen LogP contribution in [-0.2, 0) is 19.4 Å². The largest absolute Gasteiger partial charge is 0.454 e. The van der Waals surface area contributed by atoms with E-state index in [1.54, 1.807) is 12.1 Å². The van der Waals surface area contributed by atoms with Crippen LogP contribution in [0.15, 0.2) is 42.5 Å². The minimum Gasteiger partial charge on any atom is -0.454 e. The van der Waals surface area contributed by atoms with E-state index in [1.807, 2.05) is 12.1 Å². The number of nitrogens with zero attached hydrogens (tertiary/aromatic N) is 1. The number of para-hydroxylation sites is 1. The van der Waals surface area contributed by atoms with E-state index >= 15 is 0 Å². The number of fused-ring (bicyclic) bond motifs is 2. The van der Waals surface area contributed by atoms with Crippen molar-refractivity contribution in [1.29, 1.82) is 0 Å². The van der Waals surface area contributed by atoms with Crippen LogP contribution in [0.4, 0.5) is 10.7 Å². The van der Waals surface area contributed by atoms with E-state index in [4.69, 9.17) is 9.47 Å². The van der Waals surface area contributed by atoms with E-state index in [0.29, 0.717) is 22.1 Å². The number of aryl methyl sites for hydroxylation is 1. The number of carbonyl (C=O) groups excluding carboxylic acids is 2. The molecule has 2 N–H and O–H groups in total. The van der Waals surface area contributed by atoms with E-state index in [9.17, 15) is 19.7 Å². The monoisotopic (exact) mass is 479 g/mol. The molecule has 0 radical (unpaired) electrons. The molecule has 0 unspecified atom stereocenters. The minimum absolute atomic E-state index is 0.0504. The number of ether oxygens (including phenoxy) is 2. The summed E-state index contributed by atoms with van der Waals surface area (Å²) in [7, 11) is 0. The highest BCUT2D eigenvalue weighted by molar-refractivity contribution is 7.17. The number of anilines is 1. The number of rotatable bonds is 6. The molecule has 0 bridgehead atoms. The molecule has 0 saturated carbocycles. The van der Waals surface area contributed by atoms with Crippen molar-refractivity contribution in [2.45, 2.75) is 32.2 Å². The predicted octanol–water partition coefficient (Wildman–Crippen LogP) is 4.45. The van der Waals surface area contributed by atoms with Crippen molar-refractivity contribution in [1.82, 2.24) is 5.32 Å². The fraction of sp³-hybridized carbons (Fsp3) is 0.250. The second-order valence-electron chi connectivity index (χ2n) is 8.01. The van der Waals surface area contributed by atoms with Crippen molar-refractivity contribution < 1.29 is 24.0 Å². The SMILES string of the molecule is O=C(Nc1sc2c(c1C(=O)NCc1ccc3c(c1)OCO3)CCCC2)c1ccccc1[N+](=O)[O-]. The van der Waals surface area contributed by atoms with Crippen LogP contribution in [0.5, 0.6) is 11.5 Å². The van der Waals surface area contributed by atoms with Gasteiger partial charge in [0.1, 0.15) is 10.6 Å². The van der Waals surface area contributed by atoms with Crippen LogP contribution in [0.1, 0.15) is 49.6 Å². The third kappa shape index (κ3) is 4.19. The van der Waals surface area contributed by atoms with Gasteiger partial charge in [-0.05, 0) is 55.0 Å². The molecule has 5 rings (SSSR count). The summed E-state index contributed by atoms with van der Waals surface area (Å²) in [5, 5.41) is 17.5. The Morgan fingerprint density at radius 2 is 1.82 bits per heavy atom. The molecule has 1 aliphatic heterocycles. The van der Waals surface area contributed by atoms with Gasteiger partial charge < -0.3 is 20.1 Å². The van der Waals surface area contributed by atoms with Gasteiger partial charge in [0, 0.05) is 17.5 Å². The number of carbonyl (C=O) groups is 2. The van der Waals surface area contributed by atoms with E-state index in [1.165, 1.54) is 29.5 Å². The Bertz CT molecular complexity index is 1300. The first-order chi connectivity index (χ1) is 16.5. The summed E-state index contributed by atoms with van der Waals surface area (Å²) in [6, 6.07) is 11.2. The third-order valence-electron chi connectivity index (χ3n) is 5.86. The first-order valence-electron chi connectivity index (χ1n) is 10.9. The van der Waals surface area contributed by atoms with Gasteiger partial charge in [0.05, 0.1) is 10.5 Å². The van der Waals surface area contributed by atoms with Crippen LogP contribution < -0.4 is 20.1 Å². The molecule has 0 fully saturated rings. The molecule has 0 spiro atoms. The van der Waals surface area contributed by atoms with Crippen molar-refractivity contribution in [2.75, 3.05) is 12.1 Å². The maximum Gasteiger partial charge on any atom is 0.282 e. The lowest BCUT2D eigenvalue weighted by Crippen LogP contribution is -2.25. The normalized spacial score (nSPS) is 13.8. The number of thiophene rings is 1. The molecule has 1 aromatic heterocycles. The van der Waals surface area contributed by atoms with Gasteiger partial charge in [-0.25, -0.2) is 0 Å². The van der Waals surface area contributed by atoms with Gasteiger partial charge in [0.15, 0.2) is 11.5 Å². The topological polar surface area (TPSA) is 120 Å². The summed E-state index contributed by atoms with van der Waals surface area (Å²) in [6.45, 7) is 0.451. The van der Waals surface area contributed by atoms with Crippen molar-refractivity contribution >= 4 is 33.8 Å². The molecule has 2 aliphatic rings. The number of hydrogen-bond acceptors (Lipinski definition) is 7. The van der Waals surface area contributed by atoms with E-state index in [2.05, 4.69) is 10.6 Å². The number of hydrogen-bond donors (Lipinski definition) is 2. The number of nitro groups is 1. The Labute approximate surface area is 198 Å². The van der Waals surface area contributed by atoms with Crippen LogP contribution in [-0.4, -0.2) is 23.5 Å². The highest BCUT2D eigenvalue weighted by atomic mass is 32.1. The van der Waals surface area contributed by atoms with Crippen LogP contribution in [0, 0.1) is 10.1 Å². The molecule has 9 nitrogen and oxygen atoms in total. The van der Waals surface area contributed by atoms with Gasteiger partial charge in [0.2, 0.25) is 6.79 Å². The molecule has 1 aliphatic carbocycles. The lowest BCUT2D eigenvalue weighted by Gasteiger charge is -2.13. The molecule has 10 heteroatoms. The molecule has 2 aromatic carbocycles. The average molecular weight is 480 g/mol. The summed E-state index contributed by atoms with van der Waals surface area (Å²) in [5.74, 6) is 0.393. The Kier molecular flexibility index (Phi) is 5.89. The molecular weight excluding hydrogens is 458 g/mol. The Hall–Kier alpha value is -3.92. The molecule has 0 atom stereocenters. The number of nitro benzene ring substituents is 1. The maximum absolute atomic E-state index is 13.3. The smallest absolute Gasteiger partial charge is 0.282 e. The predicted molar refractivity (Wildman–Crippen MR) is 126 cm³/mol. The third-order valence-corrected chi connectivity index (χ3v) is 7.07. The molecule has 0 saturated heterocycles. The first-order valence-corrected chi connectivity index (χ1v) is 11.7. The van der Waals surface area contributed by atoms with Crippen LogP contribution in [0.25, 0.3) is 0 Å². The molecule has 174 valence electrons. The van der Waals surface area contributed by atoms with Crippen LogP contribution in [0.3, 0.4) is 0 Å². The summed E-state index contributed by atoms with van der Waals surface area (Å²) < 4.78 is 10.7. The highest BCUT2D eigenvalue weighted by Crippen LogP contribution is 2.39. The van der Waals surface area contributed by atoms with E-state index in [-0.39, 0.29) is 30.5 Å². The number of nitrogens with one attached hydrogen (secondary N) is 2. The second-order valence-corrected chi connectivity index (χ2v) is 9.12. The molecule has 3 aromatic rings. The summed E-state index contributed by atoms with van der Waals surface area (Å²) in [4.78, 5) is 38.1. The van der Waals surface area contributed by atoms with Gasteiger partial charge in [-0.1, -0.05) is 18.2 Å². The number of amides is 2. The first kappa shape index (κ1) is 21.9. The zero-order valence-electron chi connectivity index (χ0n) is 18.1. The van der Waals surface area contributed by atoms with Crippen molar-refractivity contribution in [2.24, 2.45) is 0 Å². The molecular formula is C24H21N3O6S. The standard InChI is InChI=1S/C24H21N3O6S/c28-22(15-5-1-3-7-17(15)27(30)31)26-24-21(16-6-2-4-8-20(16)34-24)23(29)25-12-14-9-10-18-19(11-14)33-13-32-18/h1,3,5,7,9-11H,2,4,6,8,12-13H2,(H,25,29)(H,26,28). The summed E-state index contributed by atoms with van der Waals surface area (Å²) in [5.41, 5.74) is 1.90. The van der Waals surface area contributed by atoms with Gasteiger partial charge in [0.25, 0.3) is 17.5 Å². The van der Waals surface area contributed by atoms with Crippen LogP contribution in [0.2, 0.25) is 0 Å². The minimum atomic E-state index is -0.615. The molecule has 34 heavy (non-hydrogen) atoms. The Morgan fingerprint density at radius 3 is 2.68 bits per heavy atom. The number of benzene rings is 2. The van der Waals surface area contributed by atoms with Gasteiger partial charge >= 0.3 is 0 Å². The lowest BCUT2D eigenvalue weighted by atomic mass is 9.95. The van der Waals surface area contributed by atoms with Gasteiger partial charge in [-0.15, -0.1) is 11.3 Å². The summed E-state index contributed by atoms with van der Waals surface area (Å²) in [6.07, 6.45) is 3.57. The maximum atomic E-state index is 13.3. The van der Waals surface area contributed by atoms with Crippen molar-refractivity contribution in [3.63, 3.8) is 0 Å². The van der Waals surface area contributed by atoms with E-state index in [0.717, 1.165) is 41.7 Å². The highest BCUT2D eigenvalue weighted by Gasteiger charge is 2.28. The quantitative estimate of drug-likeness (QED) is 0.398. The van der Waals surface area contributed by atoms with Crippen LogP contribution >= 0.6 is 11.3 Å². The van der Waals surface area contributed by atoms with Gasteiger partial charge in [-0.3, -0.25) is 19.7 Å². The zero-order chi connectivity index (χ0) is 23.7. The lowest BCUT2D eigenvalue weighted by molar-refractivity contribution is -0.385. The Morgan fingerprint density at radius 1 is 1.03 bits per heavy atom. The fourth-order valence-corrected chi connectivity index (χ4v) is 5.49. The summed E-state index contributed by atoms with van der Waals surface area (Å²) >= 11 is 1.37. The second kappa shape index (κ2) is 9.14. The average Bonchev–Trinajstić information content (AvgIpc) is 3.46. The van der Waals surface area contributed by atoms with Crippen molar-refractivity contribution in [3.8, 4) is 11.5 Å². The van der Waals surface area contributed by atoms with Gasteiger partial charge in [-0.2, -0.15) is 0 Å².